The third-order valence-electron chi connectivity index (χ3n) is 4.83. The molecule has 0 amide bonds. The highest BCUT2D eigenvalue weighted by atomic mass is 16.5. The number of anilines is 1. The molecule has 3 rings (SSSR count). The molecule has 1 heterocycles. The van der Waals surface area contributed by atoms with Gasteiger partial charge in [-0.2, -0.15) is 0 Å². The van der Waals surface area contributed by atoms with Gasteiger partial charge >= 0.3 is 0 Å². The molecule has 1 aromatic carbocycles. The molecule has 0 saturated heterocycles. The van der Waals surface area contributed by atoms with Crippen molar-refractivity contribution in [3.63, 3.8) is 0 Å². The molecule has 0 aromatic heterocycles. The Bertz CT molecular complexity index is 468. The summed E-state index contributed by atoms with van der Waals surface area (Å²) in [5, 5.41) is 3.47. The third-order valence-corrected chi connectivity index (χ3v) is 4.83. The summed E-state index contributed by atoms with van der Waals surface area (Å²) in [6.07, 6.45) is 5.95. The molecule has 0 spiro atoms. The van der Waals surface area contributed by atoms with Gasteiger partial charge in [-0.05, 0) is 56.1 Å². The number of benzene rings is 1. The van der Waals surface area contributed by atoms with Crippen LogP contribution in [0.3, 0.4) is 0 Å². The van der Waals surface area contributed by atoms with Gasteiger partial charge in [0.25, 0.3) is 0 Å². The predicted octanol–water partition coefficient (Wildman–Crippen LogP) is 4.39. The SMILES string of the molecule is CC1(C)CCC(C)(Oc2cccc3c2NCC3)CC1. The monoisotopic (exact) mass is 259 g/mol. The smallest absolute Gasteiger partial charge is 0.143 e. The summed E-state index contributed by atoms with van der Waals surface area (Å²) >= 11 is 0. The highest BCUT2D eigenvalue weighted by Crippen LogP contribution is 2.44. The maximum absolute atomic E-state index is 6.42. The van der Waals surface area contributed by atoms with E-state index in [0.717, 1.165) is 31.6 Å². The number of ether oxygens (including phenoxy) is 1. The second-order valence-electron chi connectivity index (χ2n) is 7.18. The molecule has 2 aliphatic rings. The van der Waals surface area contributed by atoms with Gasteiger partial charge in [-0.3, -0.25) is 0 Å². The molecule has 1 aromatic rings. The molecule has 1 fully saturated rings. The summed E-state index contributed by atoms with van der Waals surface area (Å²) in [5.74, 6) is 1.05. The quantitative estimate of drug-likeness (QED) is 0.850. The van der Waals surface area contributed by atoms with Crippen molar-refractivity contribution >= 4 is 5.69 Å². The van der Waals surface area contributed by atoms with Crippen LogP contribution in [-0.4, -0.2) is 12.1 Å². The second-order valence-corrected chi connectivity index (χ2v) is 7.18. The van der Waals surface area contributed by atoms with Gasteiger partial charge in [-0.25, -0.2) is 0 Å². The largest absolute Gasteiger partial charge is 0.485 e. The summed E-state index contributed by atoms with van der Waals surface area (Å²) in [5.41, 5.74) is 3.13. The molecule has 0 unspecified atom stereocenters. The van der Waals surface area contributed by atoms with E-state index in [2.05, 4.69) is 44.3 Å². The fourth-order valence-corrected chi connectivity index (χ4v) is 3.22. The van der Waals surface area contributed by atoms with E-state index >= 15 is 0 Å². The molecule has 104 valence electrons. The van der Waals surface area contributed by atoms with Crippen LogP contribution < -0.4 is 10.1 Å². The van der Waals surface area contributed by atoms with Crippen molar-refractivity contribution in [2.45, 2.75) is 58.5 Å². The zero-order valence-corrected chi connectivity index (χ0v) is 12.4. The maximum Gasteiger partial charge on any atom is 0.143 e. The van der Waals surface area contributed by atoms with Crippen LogP contribution in [0, 0.1) is 5.41 Å². The lowest BCUT2D eigenvalue weighted by Gasteiger charge is -2.41. The Morgan fingerprint density at radius 3 is 2.53 bits per heavy atom. The van der Waals surface area contributed by atoms with Crippen molar-refractivity contribution in [2.75, 3.05) is 11.9 Å². The van der Waals surface area contributed by atoms with Crippen LogP contribution in [0.1, 0.15) is 52.0 Å². The van der Waals surface area contributed by atoms with Gasteiger partial charge < -0.3 is 10.1 Å². The zero-order chi connectivity index (χ0) is 13.5. The van der Waals surface area contributed by atoms with Crippen LogP contribution in [0.15, 0.2) is 18.2 Å². The molecular formula is C17H25NO. The first-order valence-corrected chi connectivity index (χ1v) is 7.52. The van der Waals surface area contributed by atoms with E-state index in [-0.39, 0.29) is 5.60 Å². The number of hydrogen-bond acceptors (Lipinski definition) is 2. The Morgan fingerprint density at radius 1 is 1.05 bits per heavy atom. The van der Waals surface area contributed by atoms with Gasteiger partial charge in [0, 0.05) is 6.54 Å². The van der Waals surface area contributed by atoms with E-state index in [1.54, 1.807) is 0 Å². The van der Waals surface area contributed by atoms with E-state index < -0.39 is 0 Å². The fourth-order valence-electron chi connectivity index (χ4n) is 3.22. The fraction of sp³-hybridized carbons (Fsp3) is 0.647. The second kappa shape index (κ2) is 4.43. The zero-order valence-electron chi connectivity index (χ0n) is 12.4. The lowest BCUT2D eigenvalue weighted by atomic mass is 9.71. The Kier molecular flexibility index (Phi) is 2.99. The average Bonchev–Trinajstić information content (AvgIpc) is 2.83. The van der Waals surface area contributed by atoms with Crippen LogP contribution in [0.25, 0.3) is 0 Å². The van der Waals surface area contributed by atoms with Gasteiger partial charge in [0.1, 0.15) is 11.4 Å². The first-order valence-electron chi connectivity index (χ1n) is 7.52. The lowest BCUT2D eigenvalue weighted by molar-refractivity contribution is 0.0131. The Hall–Kier alpha value is -1.18. The normalized spacial score (nSPS) is 23.5. The lowest BCUT2D eigenvalue weighted by Crippen LogP contribution is -2.39. The van der Waals surface area contributed by atoms with E-state index in [1.807, 2.05) is 0 Å². The topological polar surface area (TPSA) is 21.3 Å². The first-order chi connectivity index (χ1) is 8.98. The third kappa shape index (κ3) is 2.58. The molecule has 1 aliphatic heterocycles. The van der Waals surface area contributed by atoms with E-state index in [1.165, 1.54) is 24.1 Å². The van der Waals surface area contributed by atoms with Crippen LogP contribution >= 0.6 is 0 Å². The molecular weight excluding hydrogens is 234 g/mol. The Morgan fingerprint density at radius 2 is 1.79 bits per heavy atom. The van der Waals surface area contributed by atoms with Crippen molar-refractivity contribution in [3.05, 3.63) is 23.8 Å². The van der Waals surface area contributed by atoms with Gasteiger partial charge in [-0.1, -0.05) is 26.0 Å². The summed E-state index contributed by atoms with van der Waals surface area (Å²) in [6, 6.07) is 6.44. The number of hydrogen-bond donors (Lipinski definition) is 1. The molecule has 0 radical (unpaired) electrons. The summed E-state index contributed by atoms with van der Waals surface area (Å²) in [7, 11) is 0. The van der Waals surface area contributed by atoms with Crippen LogP contribution in [0.4, 0.5) is 5.69 Å². The summed E-state index contributed by atoms with van der Waals surface area (Å²) in [6.45, 7) is 8.05. The van der Waals surface area contributed by atoms with Crippen molar-refractivity contribution in [2.24, 2.45) is 5.41 Å². The number of rotatable bonds is 2. The predicted molar refractivity (Wildman–Crippen MR) is 79.9 cm³/mol. The molecule has 1 aliphatic carbocycles. The minimum Gasteiger partial charge on any atom is -0.485 e. The molecule has 19 heavy (non-hydrogen) atoms. The van der Waals surface area contributed by atoms with E-state index in [9.17, 15) is 0 Å². The number of fused-ring (bicyclic) bond motifs is 1. The van der Waals surface area contributed by atoms with E-state index in [4.69, 9.17) is 4.74 Å². The molecule has 0 atom stereocenters. The Balaban J connectivity index is 1.77. The van der Waals surface area contributed by atoms with Gasteiger partial charge in [-0.15, -0.1) is 0 Å². The maximum atomic E-state index is 6.42. The number of para-hydroxylation sites is 1. The van der Waals surface area contributed by atoms with Gasteiger partial charge in [0.15, 0.2) is 0 Å². The van der Waals surface area contributed by atoms with Crippen LogP contribution in [-0.2, 0) is 6.42 Å². The van der Waals surface area contributed by atoms with Crippen molar-refractivity contribution in [1.29, 1.82) is 0 Å². The van der Waals surface area contributed by atoms with Gasteiger partial charge in [0.05, 0.1) is 5.69 Å². The summed E-state index contributed by atoms with van der Waals surface area (Å²) in [4.78, 5) is 0. The van der Waals surface area contributed by atoms with Crippen molar-refractivity contribution < 1.29 is 4.74 Å². The van der Waals surface area contributed by atoms with E-state index in [0.29, 0.717) is 5.41 Å². The summed E-state index contributed by atoms with van der Waals surface area (Å²) < 4.78 is 6.42. The first kappa shape index (κ1) is 12.8. The highest BCUT2D eigenvalue weighted by molar-refractivity contribution is 5.65. The Labute approximate surface area is 116 Å². The molecule has 1 N–H and O–H groups in total. The van der Waals surface area contributed by atoms with Gasteiger partial charge in [0.2, 0.25) is 0 Å². The molecule has 2 heteroatoms. The highest BCUT2D eigenvalue weighted by Gasteiger charge is 2.37. The van der Waals surface area contributed by atoms with Crippen molar-refractivity contribution in [1.82, 2.24) is 0 Å². The standard InChI is InChI=1S/C17H25NO/c1-16(2)8-10-17(3,11-9-16)19-14-6-4-5-13-7-12-18-15(13)14/h4-6,18H,7-12H2,1-3H3. The van der Waals surface area contributed by atoms with Crippen molar-refractivity contribution in [3.8, 4) is 5.75 Å². The number of nitrogens with one attached hydrogen (secondary N) is 1. The van der Waals surface area contributed by atoms with Crippen LogP contribution in [0.5, 0.6) is 5.75 Å². The minimum atomic E-state index is 0.00884. The van der Waals surface area contributed by atoms with Crippen LogP contribution in [0.2, 0.25) is 0 Å². The molecule has 2 nitrogen and oxygen atoms in total. The molecule has 0 bridgehead atoms. The molecule has 1 saturated carbocycles. The average molecular weight is 259 g/mol. The minimum absolute atomic E-state index is 0.00884.